The average Bonchev–Trinajstić information content (AvgIpc) is 2.47. The fourth-order valence-electron chi connectivity index (χ4n) is 3.09. The fraction of sp³-hybridized carbons (Fsp3) is 0.588. The van der Waals surface area contributed by atoms with E-state index in [2.05, 4.69) is 36.5 Å². The van der Waals surface area contributed by atoms with Crippen molar-refractivity contribution in [2.75, 3.05) is 6.54 Å². The molecule has 3 atom stereocenters. The van der Waals surface area contributed by atoms with Crippen LogP contribution in [0.5, 0.6) is 0 Å². The summed E-state index contributed by atoms with van der Waals surface area (Å²) in [5, 5.41) is 3.16. The molecule has 3 N–H and O–H groups in total. The normalized spacial score (nSPS) is 24.1. The molecule has 1 aromatic rings. The minimum absolute atomic E-state index is 0.0588. The number of carbonyl (C=O) groups excluding carboxylic acids is 1. The number of carbonyl (C=O) groups is 1. The van der Waals surface area contributed by atoms with Gasteiger partial charge in [-0.2, -0.15) is 0 Å². The monoisotopic (exact) mass is 274 g/mol. The van der Waals surface area contributed by atoms with Crippen LogP contribution in [0.25, 0.3) is 0 Å². The number of amides is 1. The molecule has 0 saturated heterocycles. The molecule has 1 fully saturated rings. The van der Waals surface area contributed by atoms with Crippen molar-refractivity contribution in [3.8, 4) is 0 Å². The van der Waals surface area contributed by atoms with Crippen molar-refractivity contribution in [2.24, 2.45) is 17.6 Å². The Morgan fingerprint density at radius 2 is 1.95 bits per heavy atom. The van der Waals surface area contributed by atoms with Crippen molar-refractivity contribution in [2.45, 2.75) is 45.6 Å². The van der Waals surface area contributed by atoms with Gasteiger partial charge >= 0.3 is 0 Å². The Labute approximate surface area is 121 Å². The van der Waals surface area contributed by atoms with Crippen LogP contribution in [0.1, 0.15) is 49.8 Å². The Morgan fingerprint density at radius 3 is 2.60 bits per heavy atom. The van der Waals surface area contributed by atoms with Gasteiger partial charge in [0.15, 0.2) is 0 Å². The van der Waals surface area contributed by atoms with Gasteiger partial charge in [-0.15, -0.1) is 0 Å². The quantitative estimate of drug-likeness (QED) is 0.887. The average molecular weight is 274 g/mol. The van der Waals surface area contributed by atoms with Crippen LogP contribution in [0.3, 0.4) is 0 Å². The molecule has 0 heterocycles. The first kappa shape index (κ1) is 15.0. The molecule has 0 radical (unpaired) electrons. The third-order valence-corrected chi connectivity index (χ3v) is 4.48. The highest BCUT2D eigenvalue weighted by Gasteiger charge is 2.30. The predicted octanol–water partition coefficient (Wildman–Crippen LogP) is 2.94. The minimum Gasteiger partial charge on any atom is -0.349 e. The second kappa shape index (κ2) is 6.89. The van der Waals surface area contributed by atoms with Crippen LogP contribution in [-0.2, 0) is 4.79 Å². The van der Waals surface area contributed by atoms with E-state index in [0.717, 1.165) is 24.8 Å². The lowest BCUT2D eigenvalue weighted by Gasteiger charge is -2.30. The number of rotatable bonds is 4. The number of nitrogens with one attached hydrogen (secondary N) is 1. The Kier molecular flexibility index (Phi) is 5.18. The summed E-state index contributed by atoms with van der Waals surface area (Å²) in [4.78, 5) is 12.5. The molecule has 20 heavy (non-hydrogen) atoms. The number of aryl methyl sites for hydroxylation is 1. The summed E-state index contributed by atoms with van der Waals surface area (Å²) in [6.07, 6.45) is 4.43. The largest absolute Gasteiger partial charge is 0.349 e. The fourth-order valence-corrected chi connectivity index (χ4v) is 3.09. The predicted molar refractivity (Wildman–Crippen MR) is 82.2 cm³/mol. The van der Waals surface area contributed by atoms with Crippen LogP contribution >= 0.6 is 0 Å². The molecule has 1 aliphatic rings. The molecule has 0 aliphatic heterocycles. The summed E-state index contributed by atoms with van der Waals surface area (Å²) < 4.78 is 0. The Hall–Kier alpha value is -1.35. The molecule has 1 aliphatic carbocycles. The molecule has 0 aromatic heterocycles. The molecule has 1 saturated carbocycles. The maximum atomic E-state index is 12.5. The van der Waals surface area contributed by atoms with Crippen molar-refractivity contribution >= 4 is 5.91 Å². The van der Waals surface area contributed by atoms with Gasteiger partial charge in [0.2, 0.25) is 5.91 Å². The van der Waals surface area contributed by atoms with Crippen LogP contribution < -0.4 is 11.1 Å². The first-order chi connectivity index (χ1) is 9.61. The van der Waals surface area contributed by atoms with Crippen LogP contribution in [0.4, 0.5) is 0 Å². The summed E-state index contributed by atoms with van der Waals surface area (Å²) >= 11 is 0. The van der Waals surface area contributed by atoms with Crippen molar-refractivity contribution in [3.63, 3.8) is 0 Å². The van der Waals surface area contributed by atoms with E-state index >= 15 is 0 Å². The highest BCUT2D eigenvalue weighted by atomic mass is 16.1. The van der Waals surface area contributed by atoms with Gasteiger partial charge in [-0.05, 0) is 44.7 Å². The van der Waals surface area contributed by atoms with Crippen molar-refractivity contribution in [3.05, 3.63) is 35.4 Å². The topological polar surface area (TPSA) is 55.1 Å². The summed E-state index contributed by atoms with van der Waals surface area (Å²) in [5.41, 5.74) is 8.21. The SMILES string of the molecule is Cc1ccc([C@@H](C)NC(=O)C2CCCCC2CN)cc1. The van der Waals surface area contributed by atoms with E-state index in [4.69, 9.17) is 5.73 Å². The van der Waals surface area contributed by atoms with Gasteiger partial charge in [0.1, 0.15) is 0 Å². The Bertz CT molecular complexity index is 441. The van der Waals surface area contributed by atoms with Gasteiger partial charge in [-0.3, -0.25) is 4.79 Å². The zero-order valence-corrected chi connectivity index (χ0v) is 12.6. The third kappa shape index (κ3) is 3.60. The molecule has 1 amide bonds. The van der Waals surface area contributed by atoms with Crippen molar-refractivity contribution < 1.29 is 4.79 Å². The molecule has 2 unspecified atom stereocenters. The smallest absolute Gasteiger partial charge is 0.223 e. The lowest BCUT2D eigenvalue weighted by atomic mass is 9.78. The first-order valence-electron chi connectivity index (χ1n) is 7.69. The first-order valence-corrected chi connectivity index (χ1v) is 7.69. The zero-order valence-electron chi connectivity index (χ0n) is 12.6. The minimum atomic E-state index is 0.0588. The standard InChI is InChI=1S/C17H26N2O/c1-12-7-9-14(10-8-12)13(2)19-17(20)16-6-4-3-5-15(16)11-18/h7-10,13,15-16H,3-6,11,18H2,1-2H3,(H,19,20)/t13-,15?,16?/m1/s1. The van der Waals surface area contributed by atoms with E-state index in [9.17, 15) is 4.79 Å². The molecular weight excluding hydrogens is 248 g/mol. The number of nitrogens with two attached hydrogens (primary N) is 1. The van der Waals surface area contributed by atoms with E-state index in [1.54, 1.807) is 0 Å². The van der Waals surface area contributed by atoms with E-state index < -0.39 is 0 Å². The molecular formula is C17H26N2O. The van der Waals surface area contributed by atoms with Gasteiger partial charge in [-0.1, -0.05) is 42.7 Å². The van der Waals surface area contributed by atoms with Crippen LogP contribution in [0.2, 0.25) is 0 Å². The second-order valence-electron chi connectivity index (χ2n) is 6.03. The molecule has 1 aromatic carbocycles. The molecule has 110 valence electrons. The van der Waals surface area contributed by atoms with Gasteiger partial charge in [0, 0.05) is 5.92 Å². The van der Waals surface area contributed by atoms with Gasteiger partial charge in [0.25, 0.3) is 0 Å². The summed E-state index contributed by atoms with van der Waals surface area (Å²) in [7, 11) is 0. The van der Waals surface area contributed by atoms with Gasteiger partial charge in [-0.25, -0.2) is 0 Å². The summed E-state index contributed by atoms with van der Waals surface area (Å²) in [6, 6.07) is 8.40. The molecule has 3 heteroatoms. The van der Waals surface area contributed by atoms with E-state index in [1.807, 2.05) is 6.92 Å². The summed E-state index contributed by atoms with van der Waals surface area (Å²) in [6.45, 7) is 4.74. The highest BCUT2D eigenvalue weighted by Crippen LogP contribution is 2.30. The Morgan fingerprint density at radius 1 is 1.30 bits per heavy atom. The molecule has 2 rings (SSSR count). The lowest BCUT2D eigenvalue weighted by Crippen LogP contribution is -2.40. The number of hydrogen-bond acceptors (Lipinski definition) is 2. The zero-order chi connectivity index (χ0) is 14.5. The summed E-state index contributed by atoms with van der Waals surface area (Å²) in [5.74, 6) is 0.629. The molecule has 0 spiro atoms. The second-order valence-corrected chi connectivity index (χ2v) is 6.03. The molecule has 0 bridgehead atoms. The maximum absolute atomic E-state index is 12.5. The number of benzene rings is 1. The third-order valence-electron chi connectivity index (χ3n) is 4.48. The van der Waals surface area contributed by atoms with Crippen molar-refractivity contribution in [1.82, 2.24) is 5.32 Å². The van der Waals surface area contributed by atoms with Gasteiger partial charge < -0.3 is 11.1 Å². The maximum Gasteiger partial charge on any atom is 0.223 e. The lowest BCUT2D eigenvalue weighted by molar-refractivity contribution is -0.128. The van der Waals surface area contributed by atoms with Crippen LogP contribution in [-0.4, -0.2) is 12.5 Å². The van der Waals surface area contributed by atoms with Crippen LogP contribution in [0.15, 0.2) is 24.3 Å². The van der Waals surface area contributed by atoms with Crippen LogP contribution in [0, 0.1) is 18.8 Å². The number of hydrogen-bond donors (Lipinski definition) is 2. The molecule has 3 nitrogen and oxygen atoms in total. The van der Waals surface area contributed by atoms with E-state index in [1.165, 1.54) is 12.0 Å². The van der Waals surface area contributed by atoms with E-state index in [-0.39, 0.29) is 17.9 Å². The Balaban J connectivity index is 1.97. The van der Waals surface area contributed by atoms with E-state index in [0.29, 0.717) is 12.5 Å². The van der Waals surface area contributed by atoms with Crippen molar-refractivity contribution in [1.29, 1.82) is 0 Å². The highest BCUT2D eigenvalue weighted by molar-refractivity contribution is 5.79. The van der Waals surface area contributed by atoms with Gasteiger partial charge in [0.05, 0.1) is 6.04 Å².